The van der Waals surface area contributed by atoms with Crippen LogP contribution in [0.5, 0.6) is 0 Å². The Bertz CT molecular complexity index is 1030. The first-order chi connectivity index (χ1) is 13.5. The number of halogens is 1. The monoisotopic (exact) mass is 399 g/mol. The Balaban J connectivity index is 1.41. The molecule has 6 nitrogen and oxygen atoms in total. The van der Waals surface area contributed by atoms with E-state index in [4.69, 9.17) is 16.0 Å². The molecular weight excluding hydrogens is 378 g/mol. The topological polar surface area (TPSA) is 58.7 Å². The maximum Gasteiger partial charge on any atom is 0.420 e. The van der Waals surface area contributed by atoms with E-state index < -0.39 is 11.8 Å². The van der Waals surface area contributed by atoms with E-state index in [-0.39, 0.29) is 5.91 Å². The van der Waals surface area contributed by atoms with Gasteiger partial charge in [-0.1, -0.05) is 35.9 Å². The molecule has 1 aliphatic rings. The van der Waals surface area contributed by atoms with Gasteiger partial charge in [-0.2, -0.15) is 0 Å². The lowest BCUT2D eigenvalue weighted by molar-refractivity contribution is -0.136. The summed E-state index contributed by atoms with van der Waals surface area (Å²) in [6, 6.07) is 14.4. The second-order valence-electron chi connectivity index (χ2n) is 7.11. The third-order valence-electron chi connectivity index (χ3n) is 5.27. The largest absolute Gasteiger partial charge is 0.420 e. The molecule has 2 heterocycles. The van der Waals surface area contributed by atoms with E-state index in [0.717, 1.165) is 24.7 Å². The first-order valence-electron chi connectivity index (χ1n) is 9.38. The zero-order valence-electron chi connectivity index (χ0n) is 15.7. The van der Waals surface area contributed by atoms with Crippen molar-refractivity contribution < 1.29 is 9.21 Å². The quantitative estimate of drug-likeness (QED) is 0.676. The normalized spacial score (nSPS) is 16.4. The molecule has 1 aromatic heterocycles. The number of carbonyl (C=O) groups excluding carboxylic acids is 1. The highest BCUT2D eigenvalue weighted by atomic mass is 35.5. The van der Waals surface area contributed by atoms with Gasteiger partial charge >= 0.3 is 5.76 Å². The molecule has 0 spiro atoms. The van der Waals surface area contributed by atoms with Gasteiger partial charge < -0.3 is 9.32 Å². The standard InChI is InChI=1S/C21H22ClN3O3/c1-15(25-18-4-2-3-5-19(18)28-21(25)27)20(26)24-12-10-23(11-13-24)14-16-6-8-17(22)9-7-16/h2-9,15H,10-14H2,1H3. The predicted molar refractivity (Wildman–Crippen MR) is 108 cm³/mol. The number of para-hydroxylation sites is 2. The van der Waals surface area contributed by atoms with Crippen molar-refractivity contribution in [2.45, 2.75) is 19.5 Å². The second-order valence-corrected chi connectivity index (χ2v) is 7.55. The van der Waals surface area contributed by atoms with Crippen LogP contribution in [0, 0.1) is 0 Å². The lowest BCUT2D eigenvalue weighted by atomic mass is 10.2. The SMILES string of the molecule is CC(C(=O)N1CCN(Cc2ccc(Cl)cc2)CC1)n1c(=O)oc2ccccc21. The highest BCUT2D eigenvalue weighted by molar-refractivity contribution is 6.30. The number of piperazine rings is 1. The van der Waals surface area contributed by atoms with Crippen LogP contribution in [0.3, 0.4) is 0 Å². The first-order valence-corrected chi connectivity index (χ1v) is 9.76. The molecule has 1 aliphatic heterocycles. The lowest BCUT2D eigenvalue weighted by Crippen LogP contribution is -2.50. The highest BCUT2D eigenvalue weighted by Gasteiger charge is 2.28. The fourth-order valence-corrected chi connectivity index (χ4v) is 3.83. The van der Waals surface area contributed by atoms with Gasteiger partial charge in [0.05, 0.1) is 5.52 Å². The number of rotatable bonds is 4. The fraction of sp³-hybridized carbons (Fsp3) is 0.333. The molecule has 2 aromatic carbocycles. The molecule has 0 aliphatic carbocycles. The minimum absolute atomic E-state index is 0.0557. The summed E-state index contributed by atoms with van der Waals surface area (Å²) in [5.41, 5.74) is 2.35. The first kappa shape index (κ1) is 18.8. The lowest BCUT2D eigenvalue weighted by Gasteiger charge is -2.36. The number of hydrogen-bond donors (Lipinski definition) is 0. The zero-order valence-corrected chi connectivity index (χ0v) is 16.4. The van der Waals surface area contributed by atoms with E-state index in [0.29, 0.717) is 24.2 Å². The molecule has 0 N–H and O–H groups in total. The molecule has 1 atom stereocenters. The van der Waals surface area contributed by atoms with Gasteiger partial charge in [-0.3, -0.25) is 14.3 Å². The third kappa shape index (κ3) is 3.70. The molecule has 0 bridgehead atoms. The van der Waals surface area contributed by atoms with Crippen molar-refractivity contribution in [1.29, 1.82) is 0 Å². The molecule has 3 aromatic rings. The van der Waals surface area contributed by atoms with Crippen molar-refractivity contribution in [2.75, 3.05) is 26.2 Å². The van der Waals surface area contributed by atoms with Crippen molar-refractivity contribution in [1.82, 2.24) is 14.4 Å². The second kappa shape index (κ2) is 7.81. The number of amides is 1. The molecule has 4 rings (SSSR count). The Morgan fingerprint density at radius 3 is 2.46 bits per heavy atom. The molecule has 1 amide bonds. The molecule has 1 unspecified atom stereocenters. The van der Waals surface area contributed by atoms with E-state index in [1.165, 1.54) is 10.1 Å². The summed E-state index contributed by atoms with van der Waals surface area (Å²) in [5, 5.41) is 0.732. The van der Waals surface area contributed by atoms with E-state index in [1.54, 1.807) is 19.1 Å². The summed E-state index contributed by atoms with van der Waals surface area (Å²) < 4.78 is 6.71. The molecule has 7 heteroatoms. The number of benzene rings is 2. The highest BCUT2D eigenvalue weighted by Crippen LogP contribution is 2.19. The average molecular weight is 400 g/mol. The maximum absolute atomic E-state index is 13.0. The van der Waals surface area contributed by atoms with Crippen molar-refractivity contribution in [2.24, 2.45) is 0 Å². The Kier molecular flexibility index (Phi) is 5.24. The number of aromatic nitrogens is 1. The number of carbonyl (C=O) groups is 1. The van der Waals surface area contributed by atoms with E-state index in [1.807, 2.05) is 41.3 Å². The van der Waals surface area contributed by atoms with Crippen LogP contribution in [-0.4, -0.2) is 46.5 Å². The van der Waals surface area contributed by atoms with Gasteiger partial charge in [0.25, 0.3) is 0 Å². The van der Waals surface area contributed by atoms with Crippen LogP contribution in [0.4, 0.5) is 0 Å². The summed E-state index contributed by atoms with van der Waals surface area (Å²) in [7, 11) is 0. The number of oxazole rings is 1. The molecular formula is C21H22ClN3O3. The van der Waals surface area contributed by atoms with Crippen LogP contribution < -0.4 is 5.76 Å². The van der Waals surface area contributed by atoms with Gasteiger partial charge in [0, 0.05) is 37.7 Å². The van der Waals surface area contributed by atoms with E-state index >= 15 is 0 Å². The number of hydrogen-bond acceptors (Lipinski definition) is 4. The summed E-state index contributed by atoms with van der Waals surface area (Å²) in [6.45, 7) is 5.46. The van der Waals surface area contributed by atoms with Gasteiger partial charge in [-0.05, 0) is 36.8 Å². The van der Waals surface area contributed by atoms with Gasteiger partial charge in [-0.25, -0.2) is 4.79 Å². The van der Waals surface area contributed by atoms with E-state index in [9.17, 15) is 9.59 Å². The molecule has 28 heavy (non-hydrogen) atoms. The number of fused-ring (bicyclic) bond motifs is 1. The molecule has 1 fully saturated rings. The number of nitrogens with zero attached hydrogens (tertiary/aromatic N) is 3. The van der Waals surface area contributed by atoms with Crippen LogP contribution in [0.2, 0.25) is 5.02 Å². The average Bonchev–Trinajstić information content (AvgIpc) is 3.05. The Morgan fingerprint density at radius 2 is 1.75 bits per heavy atom. The van der Waals surface area contributed by atoms with Gasteiger partial charge in [0.1, 0.15) is 6.04 Å². The summed E-state index contributed by atoms with van der Waals surface area (Å²) in [4.78, 5) is 29.4. The molecule has 1 saturated heterocycles. The predicted octanol–water partition coefficient (Wildman–Crippen LogP) is 3.15. The van der Waals surface area contributed by atoms with Crippen molar-refractivity contribution in [3.05, 3.63) is 69.7 Å². The summed E-state index contributed by atoms with van der Waals surface area (Å²) >= 11 is 5.94. The molecule has 0 saturated carbocycles. The van der Waals surface area contributed by atoms with Crippen LogP contribution in [0.25, 0.3) is 11.1 Å². The zero-order chi connectivity index (χ0) is 19.7. The van der Waals surface area contributed by atoms with Crippen LogP contribution >= 0.6 is 11.6 Å². The minimum Gasteiger partial charge on any atom is -0.408 e. The van der Waals surface area contributed by atoms with Crippen LogP contribution in [0.1, 0.15) is 18.5 Å². The van der Waals surface area contributed by atoms with Crippen LogP contribution in [-0.2, 0) is 11.3 Å². The Morgan fingerprint density at radius 1 is 1.07 bits per heavy atom. The van der Waals surface area contributed by atoms with E-state index in [2.05, 4.69) is 4.90 Å². The fourth-order valence-electron chi connectivity index (χ4n) is 3.70. The van der Waals surface area contributed by atoms with Crippen molar-refractivity contribution in [3.8, 4) is 0 Å². The minimum atomic E-state index is -0.598. The summed E-state index contributed by atoms with van der Waals surface area (Å²) in [5.74, 6) is -0.553. The molecule has 146 valence electrons. The van der Waals surface area contributed by atoms with Gasteiger partial charge in [0.15, 0.2) is 5.58 Å². The van der Waals surface area contributed by atoms with Gasteiger partial charge in [-0.15, -0.1) is 0 Å². The van der Waals surface area contributed by atoms with Gasteiger partial charge in [0.2, 0.25) is 5.91 Å². The Hall–Kier alpha value is -2.57. The van der Waals surface area contributed by atoms with Crippen LogP contribution in [0.15, 0.2) is 57.7 Å². The summed E-state index contributed by atoms with van der Waals surface area (Å²) in [6.07, 6.45) is 0. The smallest absolute Gasteiger partial charge is 0.408 e. The third-order valence-corrected chi connectivity index (χ3v) is 5.52. The van der Waals surface area contributed by atoms with Crippen molar-refractivity contribution >= 4 is 28.6 Å². The maximum atomic E-state index is 13.0. The Labute approximate surface area is 167 Å². The molecule has 0 radical (unpaired) electrons. The van der Waals surface area contributed by atoms with Crippen molar-refractivity contribution in [3.63, 3.8) is 0 Å².